The van der Waals surface area contributed by atoms with E-state index in [1.807, 2.05) is 6.92 Å². The van der Waals surface area contributed by atoms with Gasteiger partial charge in [0, 0.05) is 6.42 Å². The van der Waals surface area contributed by atoms with Crippen LogP contribution in [0, 0.1) is 17.3 Å². The van der Waals surface area contributed by atoms with Crippen LogP contribution < -0.4 is 0 Å². The molecule has 4 saturated carbocycles. The number of carbonyl (C=O) groups is 2. The fourth-order valence-electron chi connectivity index (χ4n) is 5.37. The Labute approximate surface area is 167 Å². The number of halogens is 1. The van der Waals surface area contributed by atoms with Crippen LogP contribution in [0.2, 0.25) is 0 Å². The maximum absolute atomic E-state index is 12.8. The van der Waals surface area contributed by atoms with Crippen molar-refractivity contribution in [2.24, 2.45) is 17.3 Å². The van der Waals surface area contributed by atoms with E-state index in [4.69, 9.17) is 14.0 Å². The van der Waals surface area contributed by atoms with E-state index in [1.54, 1.807) is 0 Å². The summed E-state index contributed by atoms with van der Waals surface area (Å²) < 4.78 is 41.4. The zero-order valence-corrected chi connectivity index (χ0v) is 17.8. The Bertz CT molecular complexity index is 675. The smallest absolute Gasteiger partial charge is 0.319 e. The van der Waals surface area contributed by atoms with E-state index in [1.165, 1.54) is 0 Å². The third-order valence-corrected chi connectivity index (χ3v) is 8.02. The number of carbonyl (C=O) groups excluding carboxylic acids is 2. The lowest BCUT2D eigenvalue weighted by Gasteiger charge is -2.59. The van der Waals surface area contributed by atoms with Crippen LogP contribution in [-0.4, -0.2) is 46.8 Å². The Hall–Kier alpha value is -0.420. The van der Waals surface area contributed by atoms with Gasteiger partial charge in [-0.05, 0) is 50.4 Å². The summed E-state index contributed by atoms with van der Waals surface area (Å²) in [4.78, 5) is 25.1. The van der Waals surface area contributed by atoms with Gasteiger partial charge in [-0.25, -0.2) is 0 Å². The lowest BCUT2D eigenvalue weighted by Crippen LogP contribution is -2.60. The number of rotatable bonds is 7. The molecule has 26 heavy (non-hydrogen) atoms. The first-order chi connectivity index (χ1) is 12.1. The van der Waals surface area contributed by atoms with Crippen LogP contribution >= 0.6 is 22.6 Å². The zero-order valence-electron chi connectivity index (χ0n) is 14.8. The first-order valence-corrected chi connectivity index (χ1v) is 11.9. The summed E-state index contributed by atoms with van der Waals surface area (Å²) >= 11 is 2.09. The highest BCUT2D eigenvalue weighted by Gasteiger charge is 2.63. The predicted octanol–water partition coefficient (Wildman–Crippen LogP) is 2.51. The minimum absolute atomic E-state index is 0.196. The van der Waals surface area contributed by atoms with E-state index in [0.717, 1.165) is 19.3 Å². The van der Waals surface area contributed by atoms with Crippen LogP contribution in [0.25, 0.3) is 0 Å². The highest BCUT2D eigenvalue weighted by molar-refractivity contribution is 14.1. The molecule has 0 aromatic heterocycles. The lowest BCUT2D eigenvalue weighted by molar-refractivity contribution is -0.212. The second kappa shape index (κ2) is 7.20. The van der Waals surface area contributed by atoms with E-state index in [9.17, 15) is 18.0 Å². The molecule has 0 aromatic carbocycles. The Morgan fingerprint density at radius 3 is 2.38 bits per heavy atom. The minimum atomic E-state index is -4.16. The van der Waals surface area contributed by atoms with Gasteiger partial charge in [-0.1, -0.05) is 29.5 Å². The maximum Gasteiger partial charge on any atom is 0.319 e. The molecule has 0 aliphatic heterocycles. The van der Waals surface area contributed by atoms with Gasteiger partial charge < -0.3 is 9.47 Å². The van der Waals surface area contributed by atoms with E-state index in [0.29, 0.717) is 37.5 Å². The lowest BCUT2D eigenvalue weighted by atomic mass is 9.48. The highest BCUT2D eigenvalue weighted by atomic mass is 127. The molecule has 9 heteroatoms. The van der Waals surface area contributed by atoms with Crippen molar-refractivity contribution in [3.05, 3.63) is 0 Å². The number of alkyl halides is 1. The van der Waals surface area contributed by atoms with Crippen LogP contribution in [0.3, 0.4) is 0 Å². The molecule has 0 radical (unpaired) electrons. The monoisotopic (exact) mass is 500 g/mol. The first-order valence-electron chi connectivity index (χ1n) is 9.06. The molecular formula is C17H25IO7S. The number of hydrogen-bond donors (Lipinski definition) is 1. The third-order valence-electron chi connectivity index (χ3n) is 5.95. The highest BCUT2D eigenvalue weighted by Crippen LogP contribution is 2.63. The van der Waals surface area contributed by atoms with Gasteiger partial charge in [0.2, 0.25) is 0 Å². The molecule has 3 unspecified atom stereocenters. The maximum atomic E-state index is 12.8. The van der Waals surface area contributed by atoms with Crippen molar-refractivity contribution in [2.75, 3.05) is 12.4 Å². The SMILES string of the molecule is CCC(I)C(=O)OC12CC3CC(C1)CC(C(=O)OCCS(=O)(=O)O)(C3)C2. The summed E-state index contributed by atoms with van der Waals surface area (Å²) in [6, 6.07) is 0. The average Bonchev–Trinajstić information content (AvgIpc) is 2.50. The minimum Gasteiger partial charge on any atom is -0.464 e. The zero-order chi connectivity index (χ0) is 19.2. The van der Waals surface area contributed by atoms with Crippen molar-refractivity contribution in [3.63, 3.8) is 0 Å². The number of esters is 2. The third kappa shape index (κ3) is 4.19. The molecular weight excluding hydrogens is 475 g/mol. The predicted molar refractivity (Wildman–Crippen MR) is 101 cm³/mol. The molecule has 1 N–H and O–H groups in total. The van der Waals surface area contributed by atoms with Gasteiger partial charge in [-0.2, -0.15) is 8.42 Å². The Balaban J connectivity index is 1.72. The van der Waals surface area contributed by atoms with Crippen LogP contribution in [-0.2, 0) is 29.2 Å². The standard InChI is InChI=1S/C17H25IO7S/c1-2-13(18)14(19)25-17-8-11-5-12(9-17)7-16(6-11,10-17)15(20)24-3-4-26(21,22)23/h11-13H,2-10H2,1H3,(H,21,22,23). The van der Waals surface area contributed by atoms with Gasteiger partial charge in [0.15, 0.2) is 0 Å². The van der Waals surface area contributed by atoms with E-state index in [2.05, 4.69) is 22.6 Å². The number of ether oxygens (including phenoxy) is 2. The van der Waals surface area contributed by atoms with Crippen LogP contribution in [0.5, 0.6) is 0 Å². The molecule has 4 bridgehead atoms. The summed E-state index contributed by atoms with van der Waals surface area (Å²) in [5.74, 6) is -0.587. The second-order valence-electron chi connectivity index (χ2n) is 8.14. The number of hydrogen-bond acceptors (Lipinski definition) is 6. The van der Waals surface area contributed by atoms with Gasteiger partial charge in [0.1, 0.15) is 21.9 Å². The molecule has 0 amide bonds. The van der Waals surface area contributed by atoms with Crippen molar-refractivity contribution in [1.29, 1.82) is 0 Å². The van der Waals surface area contributed by atoms with Crippen molar-refractivity contribution >= 4 is 44.6 Å². The summed E-state index contributed by atoms with van der Waals surface area (Å²) in [6.07, 6.45) is 5.19. The van der Waals surface area contributed by atoms with Crippen molar-refractivity contribution in [2.45, 2.75) is 61.4 Å². The van der Waals surface area contributed by atoms with Crippen molar-refractivity contribution in [1.82, 2.24) is 0 Å². The van der Waals surface area contributed by atoms with Crippen LogP contribution in [0.15, 0.2) is 0 Å². The molecule has 4 rings (SSSR count). The van der Waals surface area contributed by atoms with Crippen LogP contribution in [0.1, 0.15) is 51.9 Å². The molecule has 0 saturated heterocycles. The molecule has 4 aliphatic rings. The van der Waals surface area contributed by atoms with E-state index >= 15 is 0 Å². The molecule has 0 spiro atoms. The molecule has 4 aliphatic carbocycles. The fourth-order valence-corrected chi connectivity index (χ4v) is 5.79. The molecule has 148 valence electrons. The summed E-state index contributed by atoms with van der Waals surface area (Å²) in [5, 5.41) is 0. The Morgan fingerprint density at radius 1 is 1.23 bits per heavy atom. The molecule has 3 atom stereocenters. The largest absolute Gasteiger partial charge is 0.464 e. The Kier molecular flexibility index (Phi) is 5.62. The molecule has 4 fully saturated rings. The van der Waals surface area contributed by atoms with Gasteiger partial charge in [0.25, 0.3) is 10.1 Å². The first kappa shape index (κ1) is 20.3. The van der Waals surface area contributed by atoms with Gasteiger partial charge >= 0.3 is 11.9 Å². The van der Waals surface area contributed by atoms with Gasteiger partial charge in [-0.3, -0.25) is 14.1 Å². The molecule has 0 heterocycles. The summed E-state index contributed by atoms with van der Waals surface area (Å²) in [6.45, 7) is 1.58. The summed E-state index contributed by atoms with van der Waals surface area (Å²) in [7, 11) is -4.16. The topological polar surface area (TPSA) is 107 Å². The molecule has 0 aromatic rings. The van der Waals surface area contributed by atoms with E-state index < -0.39 is 32.9 Å². The average molecular weight is 500 g/mol. The summed E-state index contributed by atoms with van der Waals surface area (Å²) in [5.41, 5.74) is -1.29. The van der Waals surface area contributed by atoms with Crippen LogP contribution in [0.4, 0.5) is 0 Å². The van der Waals surface area contributed by atoms with Crippen molar-refractivity contribution in [3.8, 4) is 0 Å². The van der Waals surface area contributed by atoms with Gasteiger partial charge in [-0.15, -0.1) is 0 Å². The second-order valence-corrected chi connectivity index (χ2v) is 11.2. The van der Waals surface area contributed by atoms with Gasteiger partial charge in [0.05, 0.1) is 5.41 Å². The van der Waals surface area contributed by atoms with E-state index in [-0.39, 0.29) is 16.5 Å². The van der Waals surface area contributed by atoms with Crippen molar-refractivity contribution < 1.29 is 32.0 Å². The molecule has 7 nitrogen and oxygen atoms in total. The quantitative estimate of drug-likeness (QED) is 0.248. The fraction of sp³-hybridized carbons (Fsp3) is 0.882. The normalized spacial score (nSPS) is 36.6. The Morgan fingerprint density at radius 2 is 1.85 bits per heavy atom.